The fraction of sp³-hybridized carbons (Fsp3) is 0.176. The third kappa shape index (κ3) is 6.44. The van der Waals surface area contributed by atoms with Crippen LogP contribution >= 0.6 is 19.6 Å². The molecular weight excluding hydrogens is 456 g/mol. The van der Waals surface area contributed by atoms with E-state index in [0.717, 1.165) is 11.8 Å². The number of benzene rings is 1. The summed E-state index contributed by atoms with van der Waals surface area (Å²) in [6.45, 7) is 1.75. The van der Waals surface area contributed by atoms with Crippen molar-refractivity contribution >= 4 is 71.8 Å². The first-order valence-corrected chi connectivity index (χ1v) is 10.8. The van der Waals surface area contributed by atoms with Crippen LogP contribution in [-0.4, -0.2) is 73.1 Å². The number of phosphoric ester groups is 1. The number of aromatic nitrogens is 3. The quantitative estimate of drug-likeness (QED) is 0.225. The van der Waals surface area contributed by atoms with Gasteiger partial charge in [0.2, 0.25) is 5.91 Å². The summed E-state index contributed by atoms with van der Waals surface area (Å²) in [4.78, 5) is 41.7. The van der Waals surface area contributed by atoms with Gasteiger partial charge < -0.3 is 19.6 Å². The zero-order valence-corrected chi connectivity index (χ0v) is 17.5. The number of pyridine rings is 1. The number of aromatic amines is 1. The Balaban J connectivity index is 0.00000341. The van der Waals surface area contributed by atoms with Crippen LogP contribution in [0, 0.1) is 18.3 Å². The number of rotatable bonds is 7. The summed E-state index contributed by atoms with van der Waals surface area (Å²) < 4.78 is 20.7. The number of H-pyrrole nitrogens is 1. The number of fused-ring (bicyclic) bond motifs is 1. The number of imidazole rings is 1. The van der Waals surface area contributed by atoms with Crippen LogP contribution in [0.2, 0.25) is 0 Å². The number of nitrogens with one attached hydrogen (secondary N) is 2. The third-order valence-corrected chi connectivity index (χ3v) is 5.16. The van der Waals surface area contributed by atoms with Crippen LogP contribution in [0.1, 0.15) is 11.3 Å². The third-order valence-electron chi connectivity index (χ3n) is 3.85. The van der Waals surface area contributed by atoms with E-state index in [2.05, 4.69) is 24.8 Å². The Morgan fingerprint density at radius 2 is 2.13 bits per heavy atom. The molecule has 0 saturated carbocycles. The van der Waals surface area contributed by atoms with E-state index in [4.69, 9.17) is 19.8 Å². The molecule has 0 spiro atoms. The van der Waals surface area contributed by atoms with E-state index in [1.807, 2.05) is 6.07 Å². The second-order valence-electron chi connectivity index (χ2n) is 5.93. The predicted molar refractivity (Wildman–Crippen MR) is 116 cm³/mol. The standard InChI is InChI=1S/C17H16N5O6PS.Na.H/c1-9-11(6-18)19-7-12-16(9)22-17(21-12)30-8-15(23)20-10-3-4-13(27-2)14(5-10)28-29(24,25)26;;/h3-5,7H,8H2,1-2H3,(H,20,23)(H,21,22)(H2,24,25,26);;. The molecule has 31 heavy (non-hydrogen) atoms. The summed E-state index contributed by atoms with van der Waals surface area (Å²) in [5, 5.41) is 12.1. The second-order valence-corrected chi connectivity index (χ2v) is 8.06. The Morgan fingerprint density at radius 1 is 1.39 bits per heavy atom. The Morgan fingerprint density at radius 3 is 2.77 bits per heavy atom. The number of thioether (sulfide) groups is 1. The molecule has 14 heteroatoms. The number of anilines is 1. The van der Waals surface area contributed by atoms with Gasteiger partial charge in [0, 0.05) is 17.3 Å². The maximum atomic E-state index is 12.3. The van der Waals surface area contributed by atoms with Crippen molar-refractivity contribution in [1.82, 2.24) is 15.0 Å². The number of nitrogens with zero attached hydrogens (tertiary/aromatic N) is 3. The van der Waals surface area contributed by atoms with Gasteiger partial charge in [0.05, 0.1) is 30.1 Å². The molecule has 0 aliphatic carbocycles. The number of aryl methyl sites for hydroxylation is 1. The molecule has 0 radical (unpaired) electrons. The van der Waals surface area contributed by atoms with Gasteiger partial charge in [0.1, 0.15) is 11.8 Å². The molecular formula is C17H17N5NaO6PS. The van der Waals surface area contributed by atoms with Crippen LogP contribution in [0.4, 0.5) is 5.69 Å². The van der Waals surface area contributed by atoms with Gasteiger partial charge in [-0.2, -0.15) is 5.26 Å². The van der Waals surface area contributed by atoms with Crippen LogP contribution in [0.15, 0.2) is 29.6 Å². The van der Waals surface area contributed by atoms with Crippen LogP contribution in [0.25, 0.3) is 11.0 Å². The molecule has 0 fully saturated rings. The summed E-state index contributed by atoms with van der Waals surface area (Å²) in [5.74, 6) is -0.461. The molecule has 0 atom stereocenters. The van der Waals surface area contributed by atoms with E-state index >= 15 is 0 Å². The van der Waals surface area contributed by atoms with Gasteiger partial charge in [-0.1, -0.05) is 11.8 Å². The van der Waals surface area contributed by atoms with Crippen molar-refractivity contribution in [3.8, 4) is 17.6 Å². The van der Waals surface area contributed by atoms with E-state index in [1.54, 1.807) is 6.92 Å². The van der Waals surface area contributed by atoms with Crippen molar-refractivity contribution in [3.63, 3.8) is 0 Å². The molecule has 4 N–H and O–H groups in total. The van der Waals surface area contributed by atoms with Gasteiger partial charge in [0.25, 0.3) is 0 Å². The van der Waals surface area contributed by atoms with E-state index < -0.39 is 7.82 Å². The van der Waals surface area contributed by atoms with Crippen LogP contribution in [0.3, 0.4) is 0 Å². The number of amides is 1. The van der Waals surface area contributed by atoms with Gasteiger partial charge in [0.15, 0.2) is 16.7 Å². The number of nitriles is 1. The Bertz CT molecular complexity index is 1210. The van der Waals surface area contributed by atoms with E-state index in [1.165, 1.54) is 31.5 Å². The van der Waals surface area contributed by atoms with Gasteiger partial charge in [-0.15, -0.1) is 0 Å². The Kier molecular flexibility index (Phi) is 8.50. The van der Waals surface area contributed by atoms with E-state index in [-0.39, 0.29) is 64.1 Å². The van der Waals surface area contributed by atoms with Gasteiger partial charge in [-0.05, 0) is 19.1 Å². The van der Waals surface area contributed by atoms with Crippen LogP contribution < -0.4 is 14.6 Å². The molecule has 2 aromatic heterocycles. The number of carbonyl (C=O) groups excluding carboxylic acids is 1. The van der Waals surface area contributed by atoms with E-state index in [9.17, 15) is 9.36 Å². The average Bonchev–Trinajstić information content (AvgIpc) is 3.10. The Hall–Kier alpha value is -2.10. The number of methoxy groups -OCH3 is 1. The topological polar surface area (TPSA) is 170 Å². The SMILES string of the molecule is COc1ccc(NC(=O)CSc2nc3c(C)c(C#N)ncc3[nH]2)cc1OP(=O)(O)O.[NaH]. The molecule has 0 unspecified atom stereocenters. The number of carbonyl (C=O) groups is 1. The molecule has 0 aliphatic heterocycles. The first kappa shape index (κ1) is 25.2. The fourth-order valence-electron chi connectivity index (χ4n) is 2.55. The predicted octanol–water partition coefficient (Wildman–Crippen LogP) is 1.70. The molecule has 1 amide bonds. The first-order chi connectivity index (χ1) is 14.2. The van der Waals surface area contributed by atoms with Crippen molar-refractivity contribution in [2.24, 2.45) is 0 Å². The second kappa shape index (κ2) is 10.5. The van der Waals surface area contributed by atoms with Crippen molar-refractivity contribution in [1.29, 1.82) is 5.26 Å². The van der Waals surface area contributed by atoms with Crippen molar-refractivity contribution < 1.29 is 28.4 Å². The normalized spacial score (nSPS) is 10.8. The zero-order chi connectivity index (χ0) is 21.9. The molecule has 0 saturated heterocycles. The summed E-state index contributed by atoms with van der Waals surface area (Å²) in [7, 11) is -3.47. The molecule has 3 aromatic rings. The van der Waals surface area contributed by atoms with Gasteiger partial charge in [-0.3, -0.25) is 14.6 Å². The maximum absolute atomic E-state index is 12.3. The molecule has 2 heterocycles. The van der Waals surface area contributed by atoms with Gasteiger partial charge >= 0.3 is 37.4 Å². The monoisotopic (exact) mass is 473 g/mol. The zero-order valence-electron chi connectivity index (χ0n) is 15.7. The minimum atomic E-state index is -4.79. The summed E-state index contributed by atoms with van der Waals surface area (Å²) in [6.07, 6.45) is 1.51. The number of hydrogen-bond donors (Lipinski definition) is 4. The van der Waals surface area contributed by atoms with Crippen molar-refractivity contribution in [3.05, 3.63) is 35.7 Å². The number of hydrogen-bond acceptors (Lipinski definition) is 8. The number of ether oxygens (including phenoxy) is 1. The Labute approximate surface area is 203 Å². The van der Waals surface area contributed by atoms with Crippen LogP contribution in [-0.2, 0) is 9.36 Å². The van der Waals surface area contributed by atoms with Gasteiger partial charge in [-0.25, -0.2) is 14.5 Å². The average molecular weight is 473 g/mol. The summed E-state index contributed by atoms with van der Waals surface area (Å²) in [6, 6.07) is 6.17. The van der Waals surface area contributed by atoms with Crippen LogP contribution in [0.5, 0.6) is 11.5 Å². The molecule has 1 aromatic carbocycles. The molecule has 0 bridgehead atoms. The molecule has 11 nitrogen and oxygen atoms in total. The van der Waals surface area contributed by atoms with E-state index in [0.29, 0.717) is 21.8 Å². The molecule has 3 rings (SSSR count). The molecule has 158 valence electrons. The molecule has 0 aliphatic rings. The summed E-state index contributed by atoms with van der Waals surface area (Å²) >= 11 is 1.15. The first-order valence-electron chi connectivity index (χ1n) is 8.31. The summed E-state index contributed by atoms with van der Waals surface area (Å²) in [5.41, 5.74) is 2.48. The fourth-order valence-corrected chi connectivity index (χ4v) is 3.62. The minimum absolute atomic E-state index is 0. The van der Waals surface area contributed by atoms with Crippen molar-refractivity contribution in [2.75, 3.05) is 18.2 Å². The number of phosphoric acid groups is 1. The van der Waals surface area contributed by atoms with Crippen molar-refractivity contribution in [2.45, 2.75) is 12.1 Å².